The molecule has 0 aliphatic rings. The molecule has 0 unspecified atom stereocenters. The summed E-state index contributed by atoms with van der Waals surface area (Å²) in [7, 11) is 0. The average molecular weight is 273 g/mol. The van der Waals surface area contributed by atoms with Crippen LogP contribution in [0.4, 0.5) is 5.82 Å². The van der Waals surface area contributed by atoms with Crippen molar-refractivity contribution in [2.24, 2.45) is 0 Å². The van der Waals surface area contributed by atoms with Gasteiger partial charge in [-0.05, 0) is 25.5 Å². The van der Waals surface area contributed by atoms with Crippen molar-refractivity contribution in [1.29, 1.82) is 0 Å². The van der Waals surface area contributed by atoms with E-state index in [1.807, 2.05) is 40.7 Å². The highest BCUT2D eigenvalue weighted by Crippen LogP contribution is 2.24. The number of nitrogens with one attached hydrogen (secondary N) is 1. The van der Waals surface area contributed by atoms with Crippen molar-refractivity contribution in [3.63, 3.8) is 0 Å². The van der Waals surface area contributed by atoms with Crippen LogP contribution in [-0.2, 0) is 5.41 Å². The smallest absolute Gasteiger partial charge is 0.258 e. The van der Waals surface area contributed by atoms with E-state index in [-0.39, 0.29) is 11.3 Å². The number of carbonyl (C=O) groups is 1. The van der Waals surface area contributed by atoms with Gasteiger partial charge in [-0.2, -0.15) is 0 Å². The van der Waals surface area contributed by atoms with Gasteiger partial charge < -0.3 is 9.84 Å². The molecule has 5 nitrogen and oxygen atoms in total. The summed E-state index contributed by atoms with van der Waals surface area (Å²) in [6.07, 6.45) is 1.56. The summed E-state index contributed by atoms with van der Waals surface area (Å²) in [5, 5.41) is 6.57. The number of nitrogens with zero attached hydrogens (tertiary/aromatic N) is 2. The summed E-state index contributed by atoms with van der Waals surface area (Å²) in [6, 6.07) is 3.55. The van der Waals surface area contributed by atoms with Crippen LogP contribution in [-0.4, -0.2) is 16.0 Å². The van der Waals surface area contributed by atoms with Gasteiger partial charge in [0, 0.05) is 23.4 Å². The first kappa shape index (κ1) is 14.2. The number of hydrogen-bond acceptors (Lipinski definition) is 4. The Kier molecular flexibility index (Phi) is 3.61. The van der Waals surface area contributed by atoms with Crippen LogP contribution in [0.1, 0.15) is 48.1 Å². The summed E-state index contributed by atoms with van der Waals surface area (Å²) in [4.78, 5) is 16.3. The SMILES string of the molecule is Cc1cc(C(=O)Nc2cc(C(C)(C)C)on2)cnc1C. The number of aromatic nitrogens is 2. The number of amides is 1. The number of hydrogen-bond donors (Lipinski definition) is 1. The molecule has 2 heterocycles. The summed E-state index contributed by atoms with van der Waals surface area (Å²) >= 11 is 0. The second kappa shape index (κ2) is 5.07. The quantitative estimate of drug-likeness (QED) is 0.912. The Bertz CT molecular complexity index is 639. The van der Waals surface area contributed by atoms with E-state index < -0.39 is 0 Å². The minimum Gasteiger partial charge on any atom is -0.359 e. The fourth-order valence-corrected chi connectivity index (χ4v) is 1.64. The first-order valence-corrected chi connectivity index (χ1v) is 6.49. The second-order valence-electron chi connectivity index (χ2n) is 5.91. The van der Waals surface area contributed by atoms with E-state index in [4.69, 9.17) is 4.52 Å². The molecule has 5 heteroatoms. The molecule has 0 saturated carbocycles. The zero-order chi connectivity index (χ0) is 14.9. The summed E-state index contributed by atoms with van der Waals surface area (Å²) in [5.41, 5.74) is 2.26. The molecule has 0 aromatic carbocycles. The molecule has 0 spiro atoms. The molecule has 0 radical (unpaired) electrons. The molecular formula is C15H19N3O2. The van der Waals surface area contributed by atoms with E-state index in [1.165, 1.54) is 0 Å². The van der Waals surface area contributed by atoms with Gasteiger partial charge in [-0.1, -0.05) is 25.9 Å². The fourth-order valence-electron chi connectivity index (χ4n) is 1.64. The highest BCUT2D eigenvalue weighted by Gasteiger charge is 2.20. The zero-order valence-corrected chi connectivity index (χ0v) is 12.4. The standard InChI is InChI=1S/C15H19N3O2/c1-9-6-11(8-16-10(9)2)14(19)17-13-7-12(20-18-13)15(3,4)5/h6-8H,1-5H3,(H,17,18,19). The van der Waals surface area contributed by atoms with Gasteiger partial charge in [-0.3, -0.25) is 9.78 Å². The van der Waals surface area contributed by atoms with Crippen LogP contribution >= 0.6 is 0 Å². The van der Waals surface area contributed by atoms with E-state index in [1.54, 1.807) is 12.3 Å². The highest BCUT2D eigenvalue weighted by molar-refractivity contribution is 6.03. The van der Waals surface area contributed by atoms with E-state index in [9.17, 15) is 4.79 Å². The number of aryl methyl sites for hydroxylation is 2. The molecule has 20 heavy (non-hydrogen) atoms. The van der Waals surface area contributed by atoms with E-state index in [0.29, 0.717) is 11.4 Å². The van der Waals surface area contributed by atoms with Gasteiger partial charge in [0.2, 0.25) is 0 Å². The molecule has 0 atom stereocenters. The summed E-state index contributed by atoms with van der Waals surface area (Å²) in [6.45, 7) is 9.89. The zero-order valence-electron chi connectivity index (χ0n) is 12.4. The molecule has 0 saturated heterocycles. The number of carbonyl (C=O) groups excluding carboxylic acids is 1. The largest absolute Gasteiger partial charge is 0.359 e. The lowest BCUT2D eigenvalue weighted by Gasteiger charge is -2.12. The fraction of sp³-hybridized carbons (Fsp3) is 0.400. The lowest BCUT2D eigenvalue weighted by Crippen LogP contribution is -2.13. The Morgan fingerprint density at radius 2 is 1.95 bits per heavy atom. The van der Waals surface area contributed by atoms with Crippen LogP contribution in [0.15, 0.2) is 22.9 Å². The van der Waals surface area contributed by atoms with Crippen LogP contribution in [0.25, 0.3) is 0 Å². The maximum absolute atomic E-state index is 12.1. The predicted molar refractivity (Wildman–Crippen MR) is 76.9 cm³/mol. The third-order valence-corrected chi connectivity index (χ3v) is 3.09. The van der Waals surface area contributed by atoms with E-state index >= 15 is 0 Å². The lowest BCUT2D eigenvalue weighted by atomic mass is 9.93. The summed E-state index contributed by atoms with van der Waals surface area (Å²) in [5.74, 6) is 0.901. The molecule has 2 aromatic rings. The molecule has 1 amide bonds. The monoisotopic (exact) mass is 273 g/mol. The molecule has 0 fully saturated rings. The molecule has 0 bridgehead atoms. The van der Waals surface area contributed by atoms with Crippen molar-refractivity contribution >= 4 is 11.7 Å². The van der Waals surface area contributed by atoms with Crippen molar-refractivity contribution in [1.82, 2.24) is 10.1 Å². The average Bonchev–Trinajstić information content (AvgIpc) is 2.81. The topological polar surface area (TPSA) is 68.0 Å². The van der Waals surface area contributed by atoms with Crippen molar-refractivity contribution < 1.29 is 9.32 Å². The van der Waals surface area contributed by atoms with Crippen molar-refractivity contribution in [2.75, 3.05) is 5.32 Å². The van der Waals surface area contributed by atoms with Gasteiger partial charge >= 0.3 is 0 Å². The first-order chi connectivity index (χ1) is 9.27. The van der Waals surface area contributed by atoms with Gasteiger partial charge in [0.25, 0.3) is 5.91 Å². The van der Waals surface area contributed by atoms with Gasteiger partial charge in [0.1, 0.15) is 5.76 Å². The van der Waals surface area contributed by atoms with Gasteiger partial charge in [0.15, 0.2) is 5.82 Å². The minimum absolute atomic E-state index is 0.141. The second-order valence-corrected chi connectivity index (χ2v) is 5.91. The number of pyridine rings is 1. The van der Waals surface area contributed by atoms with E-state index in [0.717, 1.165) is 17.0 Å². The van der Waals surface area contributed by atoms with Crippen molar-refractivity contribution in [3.8, 4) is 0 Å². The Hall–Kier alpha value is -2.17. The highest BCUT2D eigenvalue weighted by atomic mass is 16.5. The van der Waals surface area contributed by atoms with Crippen LogP contribution in [0.5, 0.6) is 0 Å². The Balaban J connectivity index is 2.15. The predicted octanol–water partition coefficient (Wildman–Crippen LogP) is 3.24. The minimum atomic E-state index is -0.241. The molecule has 1 N–H and O–H groups in total. The normalized spacial score (nSPS) is 11.4. The van der Waals surface area contributed by atoms with Crippen LogP contribution < -0.4 is 5.32 Å². The summed E-state index contributed by atoms with van der Waals surface area (Å²) < 4.78 is 5.23. The maximum atomic E-state index is 12.1. The molecule has 2 rings (SSSR count). The molecule has 2 aromatic heterocycles. The van der Waals surface area contributed by atoms with Crippen molar-refractivity contribution in [2.45, 2.75) is 40.0 Å². The number of anilines is 1. The first-order valence-electron chi connectivity index (χ1n) is 6.49. The van der Waals surface area contributed by atoms with Crippen molar-refractivity contribution in [3.05, 3.63) is 40.9 Å². The van der Waals surface area contributed by atoms with Crippen LogP contribution in [0, 0.1) is 13.8 Å². The Labute approximate surface area is 118 Å². The van der Waals surface area contributed by atoms with Gasteiger partial charge in [-0.15, -0.1) is 0 Å². The molecular weight excluding hydrogens is 254 g/mol. The third kappa shape index (κ3) is 3.04. The van der Waals surface area contributed by atoms with Gasteiger partial charge in [0.05, 0.1) is 5.56 Å². The molecule has 0 aliphatic heterocycles. The van der Waals surface area contributed by atoms with E-state index in [2.05, 4.69) is 15.5 Å². The lowest BCUT2D eigenvalue weighted by molar-refractivity contribution is 0.102. The van der Waals surface area contributed by atoms with Crippen LogP contribution in [0.2, 0.25) is 0 Å². The Morgan fingerprint density at radius 1 is 1.25 bits per heavy atom. The molecule has 0 aliphatic carbocycles. The Morgan fingerprint density at radius 3 is 2.50 bits per heavy atom. The molecule has 106 valence electrons. The van der Waals surface area contributed by atoms with Gasteiger partial charge in [-0.25, -0.2) is 0 Å². The van der Waals surface area contributed by atoms with Crippen LogP contribution in [0.3, 0.4) is 0 Å². The number of rotatable bonds is 2. The maximum Gasteiger partial charge on any atom is 0.258 e. The third-order valence-electron chi connectivity index (χ3n) is 3.09.